The number of nitrogens with zero attached hydrogens (tertiary/aromatic N) is 2. The van der Waals surface area contributed by atoms with Gasteiger partial charge in [0.05, 0.1) is 5.69 Å². The highest BCUT2D eigenvalue weighted by Crippen LogP contribution is 2.39. The molecule has 5 nitrogen and oxygen atoms in total. The van der Waals surface area contributed by atoms with Gasteiger partial charge in [0.25, 0.3) is 0 Å². The predicted molar refractivity (Wildman–Crippen MR) is 89.4 cm³/mol. The fourth-order valence-corrected chi connectivity index (χ4v) is 2.71. The van der Waals surface area contributed by atoms with E-state index in [1.807, 2.05) is 19.9 Å². The molecule has 1 heterocycles. The Kier molecular flexibility index (Phi) is 4.47. The van der Waals surface area contributed by atoms with Crippen LogP contribution in [-0.2, 0) is 7.05 Å². The smallest absolute Gasteiger partial charge is 0.187 e. The van der Waals surface area contributed by atoms with Gasteiger partial charge in [-0.05, 0) is 37.1 Å². The quantitative estimate of drug-likeness (QED) is 0.350. The molecule has 2 aromatic rings. The number of hydrogen-bond donors (Lipinski definition) is 3. The second-order valence-corrected chi connectivity index (χ2v) is 5.31. The van der Waals surface area contributed by atoms with Crippen LogP contribution >= 0.6 is 11.6 Å². The zero-order chi connectivity index (χ0) is 16.4. The van der Waals surface area contributed by atoms with Crippen molar-refractivity contribution in [2.45, 2.75) is 13.8 Å². The summed E-state index contributed by atoms with van der Waals surface area (Å²) in [7, 11) is 1.76. The lowest BCUT2D eigenvalue weighted by Gasteiger charge is -2.08. The van der Waals surface area contributed by atoms with Crippen LogP contribution in [0.3, 0.4) is 0 Å². The number of phenols is 1. The first-order valence-corrected chi connectivity index (χ1v) is 7.08. The Hall–Kier alpha value is -2.40. The van der Waals surface area contributed by atoms with Crippen LogP contribution in [0.5, 0.6) is 5.75 Å². The number of benzene rings is 1. The summed E-state index contributed by atoms with van der Waals surface area (Å²) in [4.78, 5) is 0. The number of oxime groups is 1. The minimum Gasteiger partial charge on any atom is -0.508 e. The van der Waals surface area contributed by atoms with E-state index in [0.717, 1.165) is 22.3 Å². The van der Waals surface area contributed by atoms with Crippen molar-refractivity contribution in [1.29, 1.82) is 0 Å². The number of aromatic nitrogens is 1. The molecule has 0 spiro atoms. The van der Waals surface area contributed by atoms with Crippen LogP contribution in [0.15, 0.2) is 35.5 Å². The summed E-state index contributed by atoms with van der Waals surface area (Å²) in [5.41, 5.74) is 9.74. The Morgan fingerprint density at radius 3 is 2.41 bits per heavy atom. The third-order valence-electron chi connectivity index (χ3n) is 3.66. The first-order chi connectivity index (χ1) is 10.4. The topological polar surface area (TPSA) is 83.8 Å². The molecule has 0 aliphatic carbocycles. The van der Waals surface area contributed by atoms with Crippen LogP contribution in [0, 0.1) is 0 Å². The number of hydrogen-bond acceptors (Lipinski definition) is 3. The summed E-state index contributed by atoms with van der Waals surface area (Å²) in [6, 6.07) is 6.74. The number of allylic oxidation sites excluding steroid dienone is 2. The average Bonchev–Trinajstić information content (AvgIpc) is 2.79. The monoisotopic (exact) mass is 319 g/mol. The Balaban J connectivity index is 2.87. The van der Waals surface area contributed by atoms with Gasteiger partial charge in [0.2, 0.25) is 0 Å². The molecule has 1 aromatic carbocycles. The molecule has 0 aliphatic heterocycles. The second kappa shape index (κ2) is 6.15. The lowest BCUT2D eigenvalue weighted by molar-refractivity contribution is 0.318. The van der Waals surface area contributed by atoms with Crippen molar-refractivity contribution in [3.8, 4) is 16.9 Å². The van der Waals surface area contributed by atoms with E-state index in [1.54, 1.807) is 35.9 Å². The molecule has 4 N–H and O–H groups in total. The summed E-state index contributed by atoms with van der Waals surface area (Å²) < 4.78 is 1.68. The molecule has 0 saturated carbocycles. The van der Waals surface area contributed by atoms with E-state index in [0.29, 0.717) is 10.8 Å². The fourth-order valence-electron chi connectivity index (χ4n) is 2.42. The van der Waals surface area contributed by atoms with E-state index in [1.165, 1.54) is 0 Å². The molecule has 0 fully saturated rings. The maximum Gasteiger partial charge on any atom is 0.187 e. The molecule has 22 heavy (non-hydrogen) atoms. The molecule has 0 radical (unpaired) electrons. The van der Waals surface area contributed by atoms with Crippen LogP contribution < -0.4 is 5.73 Å². The van der Waals surface area contributed by atoms with E-state index in [9.17, 15) is 5.11 Å². The van der Waals surface area contributed by atoms with E-state index in [4.69, 9.17) is 22.5 Å². The third-order valence-corrected chi connectivity index (χ3v) is 4.10. The van der Waals surface area contributed by atoms with Gasteiger partial charge in [-0.3, -0.25) is 0 Å². The number of rotatable bonds is 3. The van der Waals surface area contributed by atoms with Gasteiger partial charge in [-0.25, -0.2) is 0 Å². The molecule has 0 bridgehead atoms. The highest BCUT2D eigenvalue weighted by molar-refractivity contribution is 6.33. The minimum atomic E-state index is -0.00868. The summed E-state index contributed by atoms with van der Waals surface area (Å²) in [5.74, 6) is 0.169. The van der Waals surface area contributed by atoms with Gasteiger partial charge in [-0.15, -0.1) is 0 Å². The van der Waals surface area contributed by atoms with Crippen LogP contribution in [0.2, 0.25) is 5.15 Å². The van der Waals surface area contributed by atoms with Crippen molar-refractivity contribution < 1.29 is 10.3 Å². The van der Waals surface area contributed by atoms with Crippen molar-refractivity contribution in [2.24, 2.45) is 17.9 Å². The molecule has 2 rings (SSSR count). The van der Waals surface area contributed by atoms with Gasteiger partial charge in [0.15, 0.2) is 5.84 Å². The molecule has 6 heteroatoms. The highest BCUT2D eigenvalue weighted by atomic mass is 35.5. The van der Waals surface area contributed by atoms with Gasteiger partial charge in [0, 0.05) is 18.2 Å². The Morgan fingerprint density at radius 2 is 1.91 bits per heavy atom. The number of nitrogens with two attached hydrogens (primary N) is 1. The van der Waals surface area contributed by atoms with Crippen LogP contribution in [0.1, 0.15) is 25.1 Å². The van der Waals surface area contributed by atoms with Gasteiger partial charge in [0.1, 0.15) is 10.9 Å². The van der Waals surface area contributed by atoms with Crippen LogP contribution in [-0.4, -0.2) is 20.7 Å². The SMILES string of the molecule is CC=C(C)c1c(-c2ccc(O)cc2)c(Cl)n(C)c1C(N)=NO. The summed E-state index contributed by atoms with van der Waals surface area (Å²) in [5, 5.41) is 22.1. The van der Waals surface area contributed by atoms with Crippen molar-refractivity contribution in [1.82, 2.24) is 4.57 Å². The van der Waals surface area contributed by atoms with Crippen molar-refractivity contribution in [3.63, 3.8) is 0 Å². The molecular formula is C16H18ClN3O2. The third kappa shape index (κ3) is 2.55. The van der Waals surface area contributed by atoms with E-state index in [2.05, 4.69) is 5.16 Å². The summed E-state index contributed by atoms with van der Waals surface area (Å²) in [6.07, 6.45) is 1.93. The standard InChI is InChI=1S/C16H18ClN3O2/c1-4-9(2)12-13(10-5-7-11(21)8-6-10)15(17)20(3)14(12)16(18)19-22/h4-8,21-22H,1-3H3,(H2,18,19). The molecule has 0 amide bonds. The zero-order valence-corrected chi connectivity index (χ0v) is 13.4. The predicted octanol–water partition coefficient (Wildman–Crippen LogP) is 3.57. The van der Waals surface area contributed by atoms with Gasteiger partial charge < -0.3 is 20.6 Å². The first kappa shape index (κ1) is 16.0. The van der Waals surface area contributed by atoms with Gasteiger partial charge in [-0.1, -0.05) is 35.0 Å². The first-order valence-electron chi connectivity index (χ1n) is 6.71. The molecule has 0 atom stereocenters. The molecular weight excluding hydrogens is 302 g/mol. The largest absolute Gasteiger partial charge is 0.508 e. The number of aromatic hydroxyl groups is 1. The van der Waals surface area contributed by atoms with E-state index < -0.39 is 0 Å². The lowest BCUT2D eigenvalue weighted by atomic mass is 9.97. The molecule has 116 valence electrons. The van der Waals surface area contributed by atoms with Crippen LogP contribution in [0.4, 0.5) is 0 Å². The zero-order valence-electron chi connectivity index (χ0n) is 12.6. The Labute approximate surface area is 133 Å². The number of halogens is 1. The lowest BCUT2D eigenvalue weighted by Crippen LogP contribution is -2.18. The second-order valence-electron chi connectivity index (χ2n) is 4.95. The van der Waals surface area contributed by atoms with Crippen molar-refractivity contribution in [3.05, 3.63) is 46.8 Å². The molecule has 1 aromatic heterocycles. The van der Waals surface area contributed by atoms with Gasteiger partial charge >= 0.3 is 0 Å². The van der Waals surface area contributed by atoms with Crippen LogP contribution in [0.25, 0.3) is 16.7 Å². The highest BCUT2D eigenvalue weighted by Gasteiger charge is 2.24. The maximum absolute atomic E-state index is 9.46. The van der Waals surface area contributed by atoms with Gasteiger partial charge in [-0.2, -0.15) is 0 Å². The number of amidine groups is 1. The normalized spacial score (nSPS) is 12.7. The summed E-state index contributed by atoms with van der Waals surface area (Å²) in [6.45, 7) is 3.84. The molecule has 0 unspecified atom stereocenters. The van der Waals surface area contributed by atoms with E-state index in [-0.39, 0.29) is 11.6 Å². The minimum absolute atomic E-state index is 0.00868. The van der Waals surface area contributed by atoms with Crippen molar-refractivity contribution >= 4 is 23.0 Å². The summed E-state index contributed by atoms with van der Waals surface area (Å²) >= 11 is 6.48. The van der Waals surface area contributed by atoms with E-state index >= 15 is 0 Å². The Morgan fingerprint density at radius 1 is 1.32 bits per heavy atom. The number of phenolic OH excluding ortho intramolecular Hbond substituents is 1. The fraction of sp³-hybridized carbons (Fsp3) is 0.188. The molecule has 0 aliphatic rings. The average molecular weight is 320 g/mol. The Bertz CT molecular complexity index is 759. The molecule has 0 saturated heterocycles. The van der Waals surface area contributed by atoms with Crippen molar-refractivity contribution in [2.75, 3.05) is 0 Å². The maximum atomic E-state index is 9.46.